The molecule has 1 aliphatic heterocycles. The number of piperidine rings is 1. The fourth-order valence-corrected chi connectivity index (χ4v) is 2.14. The molecule has 2 heteroatoms. The van der Waals surface area contributed by atoms with Crippen molar-refractivity contribution < 1.29 is 4.79 Å². The zero-order valence-electron chi connectivity index (χ0n) is 11.1. The van der Waals surface area contributed by atoms with E-state index in [4.69, 9.17) is 0 Å². The SMILES string of the molecule is CC.C[C@@H]1CCCN(C(=O)c2ccccc2)C1. The topological polar surface area (TPSA) is 20.3 Å². The molecule has 0 saturated carbocycles. The highest BCUT2D eigenvalue weighted by molar-refractivity contribution is 5.94. The molecular weight excluding hydrogens is 210 g/mol. The molecule has 1 aromatic carbocycles. The van der Waals surface area contributed by atoms with Crippen LogP contribution in [-0.2, 0) is 0 Å². The Morgan fingerprint density at radius 3 is 2.47 bits per heavy atom. The Morgan fingerprint density at radius 2 is 1.88 bits per heavy atom. The van der Waals surface area contributed by atoms with Crippen molar-refractivity contribution in [3.8, 4) is 0 Å². The predicted molar refractivity (Wildman–Crippen MR) is 72.1 cm³/mol. The Balaban J connectivity index is 0.000000686. The van der Waals surface area contributed by atoms with E-state index in [0.29, 0.717) is 5.92 Å². The van der Waals surface area contributed by atoms with Crippen molar-refractivity contribution in [1.82, 2.24) is 4.90 Å². The minimum Gasteiger partial charge on any atom is -0.338 e. The molecule has 2 rings (SSSR count). The van der Waals surface area contributed by atoms with E-state index in [1.54, 1.807) is 0 Å². The molecule has 0 bridgehead atoms. The zero-order chi connectivity index (χ0) is 12.7. The maximum absolute atomic E-state index is 12.1. The van der Waals surface area contributed by atoms with Crippen LogP contribution in [0.2, 0.25) is 0 Å². The van der Waals surface area contributed by atoms with Gasteiger partial charge in [-0.1, -0.05) is 39.0 Å². The van der Waals surface area contributed by atoms with Crippen molar-refractivity contribution in [2.75, 3.05) is 13.1 Å². The smallest absolute Gasteiger partial charge is 0.253 e. The van der Waals surface area contributed by atoms with E-state index in [2.05, 4.69) is 6.92 Å². The molecule has 2 nitrogen and oxygen atoms in total. The largest absolute Gasteiger partial charge is 0.338 e. The van der Waals surface area contributed by atoms with E-state index in [1.165, 1.54) is 6.42 Å². The van der Waals surface area contributed by atoms with Crippen LogP contribution in [0.1, 0.15) is 44.0 Å². The lowest BCUT2D eigenvalue weighted by Gasteiger charge is -2.31. The van der Waals surface area contributed by atoms with Gasteiger partial charge in [0.25, 0.3) is 5.91 Å². The van der Waals surface area contributed by atoms with Crippen LogP contribution in [0.15, 0.2) is 30.3 Å². The monoisotopic (exact) mass is 233 g/mol. The maximum Gasteiger partial charge on any atom is 0.253 e. The molecule has 17 heavy (non-hydrogen) atoms. The van der Waals surface area contributed by atoms with Crippen molar-refractivity contribution in [2.24, 2.45) is 5.92 Å². The molecule has 1 heterocycles. The first kappa shape index (κ1) is 13.8. The minimum absolute atomic E-state index is 0.183. The molecule has 94 valence electrons. The van der Waals surface area contributed by atoms with Crippen LogP contribution in [0.3, 0.4) is 0 Å². The van der Waals surface area contributed by atoms with E-state index < -0.39 is 0 Å². The number of nitrogens with zero attached hydrogens (tertiary/aromatic N) is 1. The van der Waals surface area contributed by atoms with Gasteiger partial charge in [0, 0.05) is 18.7 Å². The van der Waals surface area contributed by atoms with E-state index in [9.17, 15) is 4.79 Å². The molecule has 0 unspecified atom stereocenters. The standard InChI is InChI=1S/C13H17NO.C2H6/c1-11-6-5-9-14(10-11)13(15)12-7-3-2-4-8-12;1-2/h2-4,7-8,11H,5-6,9-10H2,1H3;1-2H3/t11-;/m1./s1. The zero-order valence-corrected chi connectivity index (χ0v) is 11.1. The first-order valence-corrected chi connectivity index (χ1v) is 6.61. The summed E-state index contributed by atoms with van der Waals surface area (Å²) in [7, 11) is 0. The van der Waals surface area contributed by atoms with Crippen LogP contribution in [0.5, 0.6) is 0 Å². The molecule has 0 N–H and O–H groups in total. The molecule has 0 spiro atoms. The molecule has 1 fully saturated rings. The number of benzene rings is 1. The first-order valence-electron chi connectivity index (χ1n) is 6.61. The number of carbonyl (C=O) groups is 1. The summed E-state index contributed by atoms with van der Waals surface area (Å²) >= 11 is 0. The van der Waals surface area contributed by atoms with Crippen LogP contribution in [0.4, 0.5) is 0 Å². The van der Waals surface area contributed by atoms with Crippen molar-refractivity contribution in [2.45, 2.75) is 33.6 Å². The predicted octanol–water partition coefficient (Wildman–Crippen LogP) is 3.58. The van der Waals surface area contributed by atoms with Crippen molar-refractivity contribution in [3.63, 3.8) is 0 Å². The molecule has 1 atom stereocenters. The van der Waals surface area contributed by atoms with E-state index in [-0.39, 0.29) is 5.91 Å². The summed E-state index contributed by atoms with van der Waals surface area (Å²) in [4.78, 5) is 14.0. The Hall–Kier alpha value is -1.31. The molecule has 1 saturated heterocycles. The summed E-state index contributed by atoms with van der Waals surface area (Å²) < 4.78 is 0. The van der Waals surface area contributed by atoms with Crippen LogP contribution in [0, 0.1) is 5.92 Å². The molecule has 1 aliphatic rings. The summed E-state index contributed by atoms with van der Waals surface area (Å²) in [5.74, 6) is 0.827. The van der Waals surface area contributed by atoms with Gasteiger partial charge >= 0.3 is 0 Å². The van der Waals surface area contributed by atoms with Crippen molar-refractivity contribution >= 4 is 5.91 Å². The third kappa shape index (κ3) is 3.88. The van der Waals surface area contributed by atoms with Crippen LogP contribution < -0.4 is 0 Å². The Kier molecular flexibility index (Phi) is 5.75. The van der Waals surface area contributed by atoms with Crippen molar-refractivity contribution in [3.05, 3.63) is 35.9 Å². The lowest BCUT2D eigenvalue weighted by Crippen LogP contribution is -2.39. The van der Waals surface area contributed by atoms with Gasteiger partial charge in [-0.25, -0.2) is 0 Å². The van der Waals surface area contributed by atoms with Crippen LogP contribution in [0.25, 0.3) is 0 Å². The third-order valence-electron chi connectivity index (χ3n) is 2.96. The molecular formula is C15H23NO. The van der Waals surface area contributed by atoms with Crippen LogP contribution >= 0.6 is 0 Å². The van der Waals surface area contributed by atoms with Gasteiger partial charge in [0.15, 0.2) is 0 Å². The quantitative estimate of drug-likeness (QED) is 0.726. The summed E-state index contributed by atoms with van der Waals surface area (Å²) in [6.07, 6.45) is 2.39. The fourth-order valence-electron chi connectivity index (χ4n) is 2.14. The second-order valence-electron chi connectivity index (χ2n) is 4.36. The number of rotatable bonds is 1. The minimum atomic E-state index is 0.183. The number of likely N-dealkylation sites (tertiary alicyclic amines) is 1. The number of hydrogen-bond donors (Lipinski definition) is 0. The highest BCUT2D eigenvalue weighted by Crippen LogP contribution is 2.17. The Labute approximate surface area is 105 Å². The maximum atomic E-state index is 12.1. The van der Waals surface area contributed by atoms with Gasteiger partial charge in [0.2, 0.25) is 0 Å². The van der Waals surface area contributed by atoms with Gasteiger partial charge in [-0.2, -0.15) is 0 Å². The third-order valence-corrected chi connectivity index (χ3v) is 2.96. The summed E-state index contributed by atoms with van der Waals surface area (Å²) in [5, 5.41) is 0. The van der Waals surface area contributed by atoms with E-state index in [0.717, 1.165) is 25.1 Å². The highest BCUT2D eigenvalue weighted by Gasteiger charge is 2.21. The fraction of sp³-hybridized carbons (Fsp3) is 0.533. The van der Waals surface area contributed by atoms with E-state index in [1.807, 2.05) is 49.1 Å². The van der Waals surface area contributed by atoms with Gasteiger partial charge in [-0.05, 0) is 30.9 Å². The van der Waals surface area contributed by atoms with Gasteiger partial charge in [-0.3, -0.25) is 4.79 Å². The molecule has 1 amide bonds. The molecule has 0 aromatic heterocycles. The van der Waals surface area contributed by atoms with Gasteiger partial charge in [0.05, 0.1) is 0 Å². The Morgan fingerprint density at radius 1 is 1.24 bits per heavy atom. The summed E-state index contributed by atoms with van der Waals surface area (Å²) in [5.41, 5.74) is 0.812. The second kappa shape index (κ2) is 7.10. The second-order valence-corrected chi connectivity index (χ2v) is 4.36. The average Bonchev–Trinajstić information content (AvgIpc) is 2.41. The van der Waals surface area contributed by atoms with Crippen molar-refractivity contribution in [1.29, 1.82) is 0 Å². The lowest BCUT2D eigenvalue weighted by molar-refractivity contribution is 0.0683. The lowest BCUT2D eigenvalue weighted by atomic mass is 9.99. The number of hydrogen-bond acceptors (Lipinski definition) is 1. The van der Waals surface area contributed by atoms with Gasteiger partial charge in [-0.15, -0.1) is 0 Å². The number of amides is 1. The summed E-state index contributed by atoms with van der Waals surface area (Å²) in [6, 6.07) is 9.56. The van der Waals surface area contributed by atoms with Gasteiger partial charge < -0.3 is 4.90 Å². The molecule has 1 aromatic rings. The molecule has 0 aliphatic carbocycles. The van der Waals surface area contributed by atoms with Crippen LogP contribution in [-0.4, -0.2) is 23.9 Å². The highest BCUT2D eigenvalue weighted by atomic mass is 16.2. The summed E-state index contributed by atoms with van der Waals surface area (Å²) in [6.45, 7) is 8.04. The number of carbonyl (C=O) groups excluding carboxylic acids is 1. The average molecular weight is 233 g/mol. The Bertz CT molecular complexity index is 334. The molecule has 0 radical (unpaired) electrons. The first-order chi connectivity index (χ1) is 8.27. The van der Waals surface area contributed by atoms with Gasteiger partial charge in [0.1, 0.15) is 0 Å². The normalized spacial score (nSPS) is 19.2. The van der Waals surface area contributed by atoms with E-state index >= 15 is 0 Å².